The van der Waals surface area contributed by atoms with Crippen LogP contribution in [0, 0.1) is 5.41 Å². The molecule has 0 heterocycles. The van der Waals surface area contributed by atoms with Gasteiger partial charge in [-0.3, -0.25) is 4.79 Å². The summed E-state index contributed by atoms with van der Waals surface area (Å²) in [5, 5.41) is 0. The minimum absolute atomic E-state index is 0.121. The van der Waals surface area contributed by atoms with Gasteiger partial charge in [0.05, 0.1) is 0 Å². The highest BCUT2D eigenvalue weighted by Crippen LogP contribution is 2.38. The average molecular weight is 154 g/mol. The van der Waals surface area contributed by atoms with E-state index < -0.39 is 0 Å². The number of allylic oxidation sites excluding steroid dienone is 1. The summed E-state index contributed by atoms with van der Waals surface area (Å²) in [5.74, 6) is -0.191. The van der Waals surface area contributed by atoms with E-state index in [9.17, 15) is 4.79 Å². The van der Waals surface area contributed by atoms with Crippen molar-refractivity contribution in [3.05, 3.63) is 11.6 Å². The second-order valence-electron chi connectivity index (χ2n) is 3.60. The molecule has 1 rings (SSSR count). The van der Waals surface area contributed by atoms with Gasteiger partial charge in [-0.15, -0.1) is 0 Å². The molecule has 0 spiro atoms. The van der Waals surface area contributed by atoms with Crippen molar-refractivity contribution in [1.82, 2.24) is 0 Å². The average Bonchev–Trinajstić information content (AvgIpc) is 1.81. The zero-order valence-electron chi connectivity index (χ0n) is 7.31. The van der Waals surface area contributed by atoms with Crippen LogP contribution >= 0.6 is 0 Å². The molecule has 0 saturated carbocycles. The molecule has 1 aliphatic rings. The molecule has 0 aromatic heterocycles. The first-order chi connectivity index (χ1) is 5.02. The van der Waals surface area contributed by atoms with Crippen LogP contribution in [0.1, 0.15) is 27.2 Å². The van der Waals surface area contributed by atoms with Crippen molar-refractivity contribution in [2.45, 2.75) is 27.2 Å². The molecule has 0 aromatic rings. The number of carbonyl (C=O) groups excluding carboxylic acids is 1. The van der Waals surface area contributed by atoms with Gasteiger partial charge in [0.25, 0.3) is 0 Å². The Kier molecular flexibility index (Phi) is 2.03. The lowest BCUT2D eigenvalue weighted by Crippen LogP contribution is -2.29. The maximum absolute atomic E-state index is 10.5. The summed E-state index contributed by atoms with van der Waals surface area (Å²) < 4.78 is 4.91. The fourth-order valence-corrected chi connectivity index (χ4v) is 1.56. The Labute approximate surface area is 67.2 Å². The molecule has 62 valence electrons. The van der Waals surface area contributed by atoms with Crippen molar-refractivity contribution in [2.24, 2.45) is 5.41 Å². The van der Waals surface area contributed by atoms with Crippen molar-refractivity contribution in [3.63, 3.8) is 0 Å². The van der Waals surface area contributed by atoms with Crippen molar-refractivity contribution < 1.29 is 9.53 Å². The van der Waals surface area contributed by atoms with Gasteiger partial charge in [-0.25, -0.2) is 0 Å². The second-order valence-corrected chi connectivity index (χ2v) is 3.60. The summed E-state index contributed by atoms with van der Waals surface area (Å²) in [5.41, 5.74) is 1.51. The highest BCUT2D eigenvalue weighted by Gasteiger charge is 2.30. The molecule has 0 N–H and O–H groups in total. The Balaban J connectivity index is 2.34. The van der Waals surface area contributed by atoms with Crippen molar-refractivity contribution in [1.29, 1.82) is 0 Å². The molecule has 11 heavy (non-hydrogen) atoms. The molecule has 0 amide bonds. The van der Waals surface area contributed by atoms with E-state index in [2.05, 4.69) is 19.9 Å². The molecule has 0 bridgehead atoms. The highest BCUT2D eigenvalue weighted by molar-refractivity contribution is 5.66. The maximum Gasteiger partial charge on any atom is 0.302 e. The van der Waals surface area contributed by atoms with Crippen LogP contribution in [0.2, 0.25) is 0 Å². The zero-order valence-corrected chi connectivity index (χ0v) is 7.31. The summed E-state index contributed by atoms with van der Waals surface area (Å²) in [7, 11) is 0. The monoisotopic (exact) mass is 154 g/mol. The lowest BCUT2D eigenvalue weighted by atomic mass is 9.74. The molecular weight excluding hydrogens is 140 g/mol. The van der Waals surface area contributed by atoms with Gasteiger partial charge in [0.1, 0.15) is 6.61 Å². The van der Waals surface area contributed by atoms with Crippen molar-refractivity contribution in [3.8, 4) is 0 Å². The normalized spacial score (nSPS) is 28.8. The van der Waals surface area contributed by atoms with Crippen LogP contribution in [-0.4, -0.2) is 12.6 Å². The van der Waals surface area contributed by atoms with Gasteiger partial charge in [-0.2, -0.15) is 0 Å². The SMILES string of the molecule is CC(=O)OCC1(C)C=C(C)C1. The van der Waals surface area contributed by atoms with E-state index in [4.69, 9.17) is 4.74 Å². The van der Waals surface area contributed by atoms with Crippen molar-refractivity contribution in [2.75, 3.05) is 6.61 Å². The first kappa shape index (κ1) is 8.31. The number of carbonyl (C=O) groups is 1. The van der Waals surface area contributed by atoms with Crippen LogP contribution in [0.15, 0.2) is 11.6 Å². The highest BCUT2D eigenvalue weighted by atomic mass is 16.5. The standard InChI is InChI=1S/C9H14O2/c1-7-4-9(3,5-7)6-11-8(2)10/h4H,5-6H2,1-3H3. The van der Waals surface area contributed by atoms with E-state index in [-0.39, 0.29) is 11.4 Å². The van der Waals surface area contributed by atoms with Crippen molar-refractivity contribution >= 4 is 5.97 Å². The Bertz CT molecular complexity index is 206. The van der Waals surface area contributed by atoms with E-state index in [1.54, 1.807) is 0 Å². The largest absolute Gasteiger partial charge is 0.465 e. The van der Waals surface area contributed by atoms with E-state index in [0.717, 1.165) is 6.42 Å². The molecule has 0 aromatic carbocycles. The van der Waals surface area contributed by atoms with Crippen LogP contribution in [0.25, 0.3) is 0 Å². The lowest BCUT2D eigenvalue weighted by Gasteiger charge is -2.34. The Hall–Kier alpha value is -0.790. The molecule has 2 heteroatoms. The Morgan fingerprint density at radius 1 is 1.82 bits per heavy atom. The van der Waals surface area contributed by atoms with E-state index >= 15 is 0 Å². The van der Waals surface area contributed by atoms with Gasteiger partial charge in [0, 0.05) is 12.3 Å². The Morgan fingerprint density at radius 2 is 2.36 bits per heavy atom. The summed E-state index contributed by atoms with van der Waals surface area (Å²) in [6, 6.07) is 0. The molecule has 0 fully saturated rings. The molecule has 0 radical (unpaired) electrons. The molecular formula is C9H14O2. The van der Waals surface area contributed by atoms with Crippen LogP contribution in [-0.2, 0) is 9.53 Å². The first-order valence-electron chi connectivity index (χ1n) is 3.83. The maximum atomic E-state index is 10.5. The predicted molar refractivity (Wildman–Crippen MR) is 43.1 cm³/mol. The van der Waals surface area contributed by atoms with Crippen LogP contribution in [0.5, 0.6) is 0 Å². The van der Waals surface area contributed by atoms with Gasteiger partial charge >= 0.3 is 5.97 Å². The number of hydrogen-bond acceptors (Lipinski definition) is 2. The third kappa shape index (κ3) is 2.07. The summed E-state index contributed by atoms with van der Waals surface area (Å²) in [6.07, 6.45) is 3.22. The fraction of sp³-hybridized carbons (Fsp3) is 0.667. The van der Waals surface area contributed by atoms with Gasteiger partial charge < -0.3 is 4.74 Å². The van der Waals surface area contributed by atoms with Gasteiger partial charge in [0.15, 0.2) is 0 Å². The number of hydrogen-bond donors (Lipinski definition) is 0. The minimum atomic E-state index is -0.191. The minimum Gasteiger partial charge on any atom is -0.465 e. The Morgan fingerprint density at radius 3 is 2.73 bits per heavy atom. The third-order valence-electron chi connectivity index (χ3n) is 1.88. The molecule has 1 unspecified atom stereocenters. The first-order valence-corrected chi connectivity index (χ1v) is 3.83. The van der Waals surface area contributed by atoms with Crippen LogP contribution < -0.4 is 0 Å². The zero-order chi connectivity index (χ0) is 8.48. The fourth-order valence-electron chi connectivity index (χ4n) is 1.56. The van der Waals surface area contributed by atoms with Gasteiger partial charge in [0.2, 0.25) is 0 Å². The number of ether oxygens (including phenoxy) is 1. The third-order valence-corrected chi connectivity index (χ3v) is 1.88. The number of rotatable bonds is 2. The predicted octanol–water partition coefficient (Wildman–Crippen LogP) is 1.91. The molecule has 0 aliphatic heterocycles. The lowest BCUT2D eigenvalue weighted by molar-refractivity contribution is -0.143. The smallest absolute Gasteiger partial charge is 0.302 e. The summed E-state index contributed by atoms with van der Waals surface area (Å²) in [4.78, 5) is 10.5. The number of esters is 1. The summed E-state index contributed by atoms with van der Waals surface area (Å²) >= 11 is 0. The van der Waals surface area contributed by atoms with E-state index in [0.29, 0.717) is 6.61 Å². The van der Waals surface area contributed by atoms with Crippen LogP contribution in [0.4, 0.5) is 0 Å². The molecule has 1 atom stereocenters. The molecule has 0 saturated heterocycles. The van der Waals surface area contributed by atoms with Gasteiger partial charge in [-0.05, 0) is 13.3 Å². The second kappa shape index (κ2) is 2.68. The molecule has 2 nitrogen and oxygen atoms in total. The van der Waals surface area contributed by atoms with Crippen LogP contribution in [0.3, 0.4) is 0 Å². The van der Waals surface area contributed by atoms with E-state index in [1.165, 1.54) is 12.5 Å². The van der Waals surface area contributed by atoms with Gasteiger partial charge in [-0.1, -0.05) is 18.6 Å². The van der Waals surface area contributed by atoms with E-state index in [1.807, 2.05) is 0 Å². The molecule has 1 aliphatic carbocycles. The quantitative estimate of drug-likeness (QED) is 0.448. The topological polar surface area (TPSA) is 26.3 Å². The summed E-state index contributed by atoms with van der Waals surface area (Å²) in [6.45, 7) is 6.16.